The fraction of sp³-hybridized carbons (Fsp3) is 0.111. The van der Waals surface area contributed by atoms with Crippen molar-refractivity contribution in [3.05, 3.63) is 32.4 Å². The van der Waals surface area contributed by atoms with Gasteiger partial charge in [-0.25, -0.2) is 9.78 Å². The Kier molecular flexibility index (Phi) is 2.31. The third kappa shape index (κ3) is 1.61. The molecule has 0 bridgehead atoms. The van der Waals surface area contributed by atoms with Crippen LogP contribution in [0.4, 0.5) is 0 Å². The number of aryl methyl sites for hydroxylation is 1. The van der Waals surface area contributed by atoms with E-state index < -0.39 is 11.5 Å². The van der Waals surface area contributed by atoms with Crippen LogP contribution in [-0.2, 0) is 0 Å². The van der Waals surface area contributed by atoms with Crippen molar-refractivity contribution >= 4 is 29.2 Å². The molecule has 0 aliphatic heterocycles. The Morgan fingerprint density at radius 1 is 1.50 bits per heavy atom. The van der Waals surface area contributed by atoms with Gasteiger partial charge in [0.1, 0.15) is 5.65 Å². The molecule has 0 fully saturated rings. The summed E-state index contributed by atoms with van der Waals surface area (Å²) in [6.45, 7) is 1.64. The average molecular weight is 237 g/mol. The Morgan fingerprint density at radius 2 is 2.19 bits per heavy atom. The molecule has 16 heavy (non-hydrogen) atoms. The van der Waals surface area contributed by atoms with Crippen molar-refractivity contribution in [3.8, 4) is 0 Å². The summed E-state index contributed by atoms with van der Waals surface area (Å²) in [5.74, 6) is -1.17. The first kappa shape index (κ1) is 10.5. The molecule has 0 saturated heterocycles. The van der Waals surface area contributed by atoms with Gasteiger partial charge in [0.2, 0.25) is 0 Å². The number of aromatic amines is 2. The van der Waals surface area contributed by atoms with E-state index in [2.05, 4.69) is 15.0 Å². The third-order valence-corrected chi connectivity index (χ3v) is 2.27. The Hall–Kier alpha value is -2.02. The summed E-state index contributed by atoms with van der Waals surface area (Å²) in [4.78, 5) is 31.6. The number of hydrogen-bond acceptors (Lipinski definition) is 4. The topological polar surface area (TPSA) is 98.8 Å². The lowest BCUT2D eigenvalue weighted by atomic mass is 10.1. The number of fused-ring (bicyclic) bond motifs is 1. The number of pyridine rings is 1. The number of rotatable bonds is 1. The SMILES string of the molecule is Cc1cc(C(=O)O)c2c(=O)[nH]c(=S)[nH]c2n1. The van der Waals surface area contributed by atoms with Gasteiger partial charge in [0.25, 0.3) is 5.56 Å². The number of carboxylic acids is 1. The van der Waals surface area contributed by atoms with Gasteiger partial charge in [-0.15, -0.1) is 0 Å². The minimum absolute atomic E-state index is 0.00620. The molecule has 2 aromatic heterocycles. The van der Waals surface area contributed by atoms with Crippen molar-refractivity contribution in [1.29, 1.82) is 0 Å². The van der Waals surface area contributed by atoms with Crippen LogP contribution in [0.5, 0.6) is 0 Å². The van der Waals surface area contributed by atoms with Crippen molar-refractivity contribution in [1.82, 2.24) is 15.0 Å². The van der Waals surface area contributed by atoms with Gasteiger partial charge < -0.3 is 10.1 Å². The standard InChI is InChI=1S/C9H7N3O3S/c1-3-2-4(8(14)15)5-6(10-3)11-9(16)12-7(5)13/h2H,1H3,(H,14,15)(H2,10,11,12,13,16). The molecule has 0 atom stereocenters. The van der Waals surface area contributed by atoms with E-state index in [0.717, 1.165) is 0 Å². The van der Waals surface area contributed by atoms with E-state index in [-0.39, 0.29) is 21.4 Å². The van der Waals surface area contributed by atoms with Crippen LogP contribution < -0.4 is 5.56 Å². The summed E-state index contributed by atoms with van der Waals surface area (Å²) in [7, 11) is 0. The van der Waals surface area contributed by atoms with E-state index in [1.54, 1.807) is 6.92 Å². The molecule has 2 heterocycles. The predicted molar refractivity (Wildman–Crippen MR) is 59.2 cm³/mol. The summed E-state index contributed by atoms with van der Waals surface area (Å²) in [6, 6.07) is 1.34. The number of H-pyrrole nitrogens is 2. The highest BCUT2D eigenvalue weighted by Gasteiger charge is 2.13. The highest BCUT2D eigenvalue weighted by molar-refractivity contribution is 7.71. The minimum atomic E-state index is -1.17. The summed E-state index contributed by atoms with van der Waals surface area (Å²) in [6.07, 6.45) is 0. The molecule has 0 aliphatic carbocycles. The van der Waals surface area contributed by atoms with E-state index in [1.807, 2.05) is 0 Å². The number of aromatic carboxylic acids is 1. The van der Waals surface area contributed by atoms with E-state index in [1.165, 1.54) is 6.07 Å². The molecule has 0 unspecified atom stereocenters. The number of nitrogens with one attached hydrogen (secondary N) is 2. The highest BCUT2D eigenvalue weighted by Crippen LogP contribution is 2.12. The molecule has 0 aliphatic rings. The molecule has 0 aromatic carbocycles. The van der Waals surface area contributed by atoms with Crippen LogP contribution in [0.25, 0.3) is 11.0 Å². The Labute approximate surface area is 94.0 Å². The van der Waals surface area contributed by atoms with Gasteiger partial charge in [0.15, 0.2) is 4.77 Å². The zero-order chi connectivity index (χ0) is 11.9. The summed E-state index contributed by atoms with van der Waals surface area (Å²) in [5.41, 5.74) is 0.0472. The Morgan fingerprint density at radius 3 is 2.81 bits per heavy atom. The minimum Gasteiger partial charge on any atom is -0.478 e. The van der Waals surface area contributed by atoms with Gasteiger partial charge >= 0.3 is 5.97 Å². The van der Waals surface area contributed by atoms with Crippen molar-refractivity contribution < 1.29 is 9.90 Å². The predicted octanol–water partition coefficient (Wildman–Crippen LogP) is 0.987. The van der Waals surface area contributed by atoms with Crippen LogP contribution in [-0.4, -0.2) is 26.0 Å². The van der Waals surface area contributed by atoms with Crippen LogP contribution in [0.1, 0.15) is 16.1 Å². The molecule has 7 heteroatoms. The van der Waals surface area contributed by atoms with Crippen LogP contribution in [0, 0.1) is 11.7 Å². The van der Waals surface area contributed by atoms with Gasteiger partial charge in [-0.3, -0.25) is 9.78 Å². The number of nitrogens with zero attached hydrogens (tertiary/aromatic N) is 1. The number of hydrogen-bond donors (Lipinski definition) is 3. The van der Waals surface area contributed by atoms with Gasteiger partial charge in [-0.05, 0) is 25.2 Å². The third-order valence-electron chi connectivity index (χ3n) is 2.06. The molecular weight excluding hydrogens is 230 g/mol. The molecule has 0 saturated carbocycles. The van der Waals surface area contributed by atoms with Gasteiger partial charge in [-0.2, -0.15) is 0 Å². The monoisotopic (exact) mass is 237 g/mol. The molecule has 0 radical (unpaired) electrons. The van der Waals surface area contributed by atoms with Crippen molar-refractivity contribution in [2.24, 2.45) is 0 Å². The first-order valence-corrected chi connectivity index (χ1v) is 4.77. The lowest BCUT2D eigenvalue weighted by Crippen LogP contribution is -2.14. The molecule has 3 N–H and O–H groups in total. The van der Waals surface area contributed by atoms with Crippen LogP contribution in [0.2, 0.25) is 0 Å². The maximum Gasteiger partial charge on any atom is 0.336 e. The number of aromatic nitrogens is 3. The lowest BCUT2D eigenvalue weighted by molar-refractivity contribution is 0.0698. The van der Waals surface area contributed by atoms with Crippen molar-refractivity contribution in [3.63, 3.8) is 0 Å². The smallest absolute Gasteiger partial charge is 0.336 e. The summed E-state index contributed by atoms with van der Waals surface area (Å²) < 4.78 is 0.118. The van der Waals surface area contributed by atoms with Crippen LogP contribution in [0.15, 0.2) is 10.9 Å². The quantitative estimate of drug-likeness (QED) is 0.642. The molecule has 0 amide bonds. The first-order valence-electron chi connectivity index (χ1n) is 4.36. The van der Waals surface area contributed by atoms with E-state index in [0.29, 0.717) is 5.69 Å². The van der Waals surface area contributed by atoms with Crippen LogP contribution >= 0.6 is 12.2 Å². The number of carbonyl (C=O) groups is 1. The highest BCUT2D eigenvalue weighted by atomic mass is 32.1. The van der Waals surface area contributed by atoms with Gasteiger partial charge in [-0.1, -0.05) is 0 Å². The van der Waals surface area contributed by atoms with E-state index in [4.69, 9.17) is 17.3 Å². The summed E-state index contributed by atoms with van der Waals surface area (Å²) >= 11 is 4.78. The van der Waals surface area contributed by atoms with E-state index >= 15 is 0 Å². The molecule has 82 valence electrons. The number of carboxylic acid groups (broad SMARTS) is 1. The lowest BCUT2D eigenvalue weighted by Gasteiger charge is -2.02. The molecular formula is C9H7N3O3S. The summed E-state index contributed by atoms with van der Waals surface area (Å²) in [5, 5.41) is 8.99. The zero-order valence-electron chi connectivity index (χ0n) is 8.20. The molecule has 6 nitrogen and oxygen atoms in total. The van der Waals surface area contributed by atoms with E-state index in [9.17, 15) is 9.59 Å². The first-order chi connectivity index (χ1) is 7.49. The van der Waals surface area contributed by atoms with Crippen molar-refractivity contribution in [2.45, 2.75) is 6.92 Å². The Balaban J connectivity index is 3.07. The van der Waals surface area contributed by atoms with Gasteiger partial charge in [0.05, 0.1) is 10.9 Å². The molecule has 0 spiro atoms. The molecule has 2 rings (SSSR count). The average Bonchev–Trinajstić information content (AvgIpc) is 2.14. The normalized spacial score (nSPS) is 10.6. The second kappa shape index (κ2) is 3.53. The largest absolute Gasteiger partial charge is 0.478 e. The Bertz CT molecular complexity index is 701. The fourth-order valence-electron chi connectivity index (χ4n) is 1.47. The maximum atomic E-state index is 11.6. The van der Waals surface area contributed by atoms with Crippen LogP contribution in [0.3, 0.4) is 0 Å². The van der Waals surface area contributed by atoms with Crippen molar-refractivity contribution in [2.75, 3.05) is 0 Å². The maximum absolute atomic E-state index is 11.6. The second-order valence-corrected chi connectivity index (χ2v) is 3.66. The molecule has 2 aromatic rings. The van der Waals surface area contributed by atoms with Gasteiger partial charge in [0, 0.05) is 5.69 Å². The second-order valence-electron chi connectivity index (χ2n) is 3.25. The fourth-order valence-corrected chi connectivity index (χ4v) is 1.66. The zero-order valence-corrected chi connectivity index (χ0v) is 9.01.